The van der Waals surface area contributed by atoms with Crippen LogP contribution < -0.4 is 10.9 Å². The zero-order valence-corrected chi connectivity index (χ0v) is 14.4. The van der Waals surface area contributed by atoms with Crippen molar-refractivity contribution in [2.75, 3.05) is 6.54 Å². The minimum Gasteiger partial charge on any atom is -0.312 e. The van der Waals surface area contributed by atoms with Crippen LogP contribution in [0.25, 0.3) is 10.2 Å². The lowest BCUT2D eigenvalue weighted by atomic mass is 10.0. The van der Waals surface area contributed by atoms with Gasteiger partial charge in [0, 0.05) is 11.4 Å². The summed E-state index contributed by atoms with van der Waals surface area (Å²) < 4.78 is 15.5. The van der Waals surface area contributed by atoms with Crippen molar-refractivity contribution in [3.05, 3.63) is 62.3 Å². The fourth-order valence-corrected chi connectivity index (χ4v) is 4.39. The smallest absolute Gasteiger partial charge is 0.262 e. The molecular weight excluding hydrogens is 339 g/mol. The van der Waals surface area contributed by atoms with Crippen molar-refractivity contribution in [1.82, 2.24) is 14.9 Å². The zero-order valence-electron chi connectivity index (χ0n) is 13.5. The summed E-state index contributed by atoms with van der Waals surface area (Å²) in [6.45, 7) is 3.45. The third-order valence-electron chi connectivity index (χ3n) is 4.67. The van der Waals surface area contributed by atoms with Crippen molar-refractivity contribution in [3.8, 4) is 6.07 Å². The van der Waals surface area contributed by atoms with Gasteiger partial charge in [0.25, 0.3) is 5.56 Å². The Labute approximate surface area is 147 Å². The first kappa shape index (κ1) is 15.9. The van der Waals surface area contributed by atoms with Gasteiger partial charge in [0.15, 0.2) is 0 Å². The highest BCUT2D eigenvalue weighted by atomic mass is 32.1. The van der Waals surface area contributed by atoms with E-state index in [1.807, 2.05) is 6.92 Å². The van der Waals surface area contributed by atoms with Crippen LogP contribution in [-0.2, 0) is 13.0 Å². The second-order valence-electron chi connectivity index (χ2n) is 6.09. The number of hydrogen-bond donors (Lipinski definition) is 1. The molecule has 25 heavy (non-hydrogen) atoms. The van der Waals surface area contributed by atoms with Gasteiger partial charge in [-0.2, -0.15) is 5.26 Å². The first-order chi connectivity index (χ1) is 12.1. The van der Waals surface area contributed by atoms with Crippen molar-refractivity contribution in [3.63, 3.8) is 0 Å². The Kier molecular flexibility index (Phi) is 3.86. The van der Waals surface area contributed by atoms with Crippen LogP contribution >= 0.6 is 11.3 Å². The van der Waals surface area contributed by atoms with Gasteiger partial charge in [0.05, 0.1) is 23.3 Å². The Balaban J connectivity index is 1.84. The monoisotopic (exact) mass is 354 g/mol. The van der Waals surface area contributed by atoms with E-state index in [1.54, 1.807) is 23.5 Å². The maximum absolute atomic E-state index is 13.9. The molecule has 0 saturated heterocycles. The standard InChI is InChI=1S/C18H15FN4OS/c1-10(11-2-3-12(7-20)14(19)6-11)23-9-22-17-16(18(23)24)13-4-5-21-8-15(13)25-17/h2-3,6,9-10,21H,4-5,8H2,1H3. The van der Waals surface area contributed by atoms with Gasteiger partial charge >= 0.3 is 0 Å². The molecule has 4 rings (SSSR count). The van der Waals surface area contributed by atoms with E-state index in [0.717, 1.165) is 29.9 Å². The number of nitrogens with one attached hydrogen (secondary N) is 1. The fraction of sp³-hybridized carbons (Fsp3) is 0.278. The molecule has 1 aliphatic rings. The molecule has 3 aromatic rings. The maximum Gasteiger partial charge on any atom is 0.262 e. The Morgan fingerprint density at radius 1 is 1.48 bits per heavy atom. The molecule has 1 atom stereocenters. The van der Waals surface area contributed by atoms with Gasteiger partial charge in [-0.15, -0.1) is 11.3 Å². The maximum atomic E-state index is 13.9. The molecule has 3 heterocycles. The predicted molar refractivity (Wildman–Crippen MR) is 94.2 cm³/mol. The average molecular weight is 354 g/mol. The van der Waals surface area contributed by atoms with Crippen LogP contribution in [-0.4, -0.2) is 16.1 Å². The van der Waals surface area contributed by atoms with Crippen molar-refractivity contribution >= 4 is 21.6 Å². The summed E-state index contributed by atoms with van der Waals surface area (Å²) in [6.07, 6.45) is 2.34. The van der Waals surface area contributed by atoms with Crippen LogP contribution in [0.4, 0.5) is 4.39 Å². The minimum atomic E-state index is -0.576. The number of fused-ring (bicyclic) bond motifs is 3. The van der Waals surface area contributed by atoms with Gasteiger partial charge in [-0.05, 0) is 43.1 Å². The number of hydrogen-bond acceptors (Lipinski definition) is 5. The van der Waals surface area contributed by atoms with E-state index >= 15 is 0 Å². The van der Waals surface area contributed by atoms with Gasteiger partial charge in [-0.1, -0.05) is 6.07 Å². The summed E-state index contributed by atoms with van der Waals surface area (Å²) in [7, 11) is 0. The van der Waals surface area contributed by atoms with E-state index in [0.29, 0.717) is 10.9 Å². The Morgan fingerprint density at radius 3 is 3.08 bits per heavy atom. The average Bonchev–Trinajstić information content (AvgIpc) is 3.00. The highest BCUT2D eigenvalue weighted by molar-refractivity contribution is 7.18. The van der Waals surface area contributed by atoms with E-state index in [9.17, 15) is 9.18 Å². The number of aromatic nitrogens is 2. The fourth-order valence-electron chi connectivity index (χ4n) is 3.25. The largest absolute Gasteiger partial charge is 0.312 e. The van der Waals surface area contributed by atoms with Crippen molar-refractivity contribution in [1.29, 1.82) is 5.26 Å². The van der Waals surface area contributed by atoms with E-state index < -0.39 is 5.82 Å². The Hall–Kier alpha value is -2.56. The van der Waals surface area contributed by atoms with Crippen molar-refractivity contribution in [2.24, 2.45) is 0 Å². The number of nitrogens with zero attached hydrogens (tertiary/aromatic N) is 3. The van der Waals surface area contributed by atoms with Crippen LogP contribution in [0.15, 0.2) is 29.3 Å². The molecule has 0 spiro atoms. The summed E-state index contributed by atoms with van der Waals surface area (Å²) >= 11 is 1.55. The summed E-state index contributed by atoms with van der Waals surface area (Å²) in [5, 5.41) is 12.8. The molecule has 5 nitrogen and oxygen atoms in total. The molecule has 1 unspecified atom stereocenters. The minimum absolute atomic E-state index is 0.00345. The summed E-state index contributed by atoms with van der Waals surface area (Å²) in [5.74, 6) is -0.576. The lowest BCUT2D eigenvalue weighted by molar-refractivity contribution is 0.588. The van der Waals surface area contributed by atoms with Crippen molar-refractivity contribution in [2.45, 2.75) is 25.9 Å². The van der Waals surface area contributed by atoms with Gasteiger partial charge in [-0.25, -0.2) is 9.37 Å². The number of benzene rings is 1. The van der Waals surface area contributed by atoms with Gasteiger partial charge in [0.1, 0.15) is 16.7 Å². The first-order valence-corrected chi connectivity index (χ1v) is 8.83. The zero-order chi connectivity index (χ0) is 17.6. The molecule has 0 fully saturated rings. The van der Waals surface area contributed by atoms with E-state index in [2.05, 4.69) is 10.3 Å². The van der Waals surface area contributed by atoms with Crippen LogP contribution in [0.2, 0.25) is 0 Å². The molecule has 0 saturated carbocycles. The van der Waals surface area contributed by atoms with Crippen LogP contribution in [0.3, 0.4) is 0 Å². The number of thiophene rings is 1. The van der Waals surface area contributed by atoms with Crippen LogP contribution in [0, 0.1) is 17.1 Å². The normalized spacial score (nSPS) is 14.9. The van der Waals surface area contributed by atoms with Crippen LogP contribution in [0.1, 0.15) is 34.5 Å². The highest BCUT2D eigenvalue weighted by Crippen LogP contribution is 2.30. The second kappa shape index (κ2) is 6.06. The van der Waals surface area contributed by atoms with E-state index in [1.165, 1.54) is 27.9 Å². The molecule has 2 aromatic heterocycles. The lowest BCUT2D eigenvalue weighted by Crippen LogP contribution is -2.26. The third kappa shape index (κ3) is 2.54. The molecule has 126 valence electrons. The number of halogens is 1. The molecular formula is C18H15FN4OS. The third-order valence-corrected chi connectivity index (χ3v) is 5.81. The van der Waals surface area contributed by atoms with E-state index in [4.69, 9.17) is 5.26 Å². The molecule has 1 aliphatic heterocycles. The van der Waals surface area contributed by atoms with Gasteiger partial charge in [0.2, 0.25) is 0 Å². The topological polar surface area (TPSA) is 70.7 Å². The van der Waals surface area contributed by atoms with E-state index in [-0.39, 0.29) is 17.2 Å². The molecule has 0 radical (unpaired) electrons. The summed E-state index contributed by atoms with van der Waals surface area (Å²) in [4.78, 5) is 19.4. The Morgan fingerprint density at radius 2 is 2.32 bits per heavy atom. The summed E-state index contributed by atoms with van der Waals surface area (Å²) in [6, 6.07) is 5.87. The second-order valence-corrected chi connectivity index (χ2v) is 7.18. The Bertz CT molecular complexity index is 1080. The first-order valence-electron chi connectivity index (χ1n) is 8.02. The molecule has 1 aromatic carbocycles. The lowest BCUT2D eigenvalue weighted by Gasteiger charge is -2.16. The van der Waals surface area contributed by atoms with Crippen molar-refractivity contribution < 1.29 is 4.39 Å². The predicted octanol–water partition coefficient (Wildman–Crippen LogP) is 2.72. The molecule has 0 amide bonds. The SMILES string of the molecule is CC(c1ccc(C#N)c(F)c1)n1cnc2sc3c(c2c1=O)CCNC3. The molecule has 0 bridgehead atoms. The molecule has 0 aliphatic carbocycles. The number of nitriles is 1. The van der Waals surface area contributed by atoms with Crippen LogP contribution in [0.5, 0.6) is 0 Å². The number of rotatable bonds is 2. The molecule has 7 heteroatoms. The molecule has 1 N–H and O–H groups in total. The van der Waals surface area contributed by atoms with Gasteiger partial charge < -0.3 is 5.32 Å². The summed E-state index contributed by atoms with van der Waals surface area (Å²) in [5.41, 5.74) is 1.62. The quantitative estimate of drug-likeness (QED) is 0.768. The van der Waals surface area contributed by atoms with Gasteiger partial charge in [-0.3, -0.25) is 9.36 Å². The highest BCUT2D eigenvalue weighted by Gasteiger charge is 2.21.